The monoisotopic (exact) mass is 473 g/mol. The Morgan fingerprint density at radius 3 is 2.38 bits per heavy atom. The van der Waals surface area contributed by atoms with Gasteiger partial charge in [0.05, 0.1) is 7.11 Å². The summed E-state index contributed by atoms with van der Waals surface area (Å²) in [6, 6.07) is 22.9. The van der Waals surface area contributed by atoms with Crippen molar-refractivity contribution in [3.63, 3.8) is 0 Å². The number of nitrogens with one attached hydrogen (secondary N) is 1. The summed E-state index contributed by atoms with van der Waals surface area (Å²) in [7, 11) is 1.68. The number of ether oxygens (including phenoxy) is 1. The standard InChI is InChI=1S/C26H24ClN5O2/c1-34-21-9-5-8-20(17-21)31-12-14-32(15-13-31)25-23-11-3-2-10-22(23)24(29-30-25)26(33)28-19-7-4-6-18(27)16-19/h2-11,16-17H,12-15H2,1H3,(H,28,33). The lowest BCUT2D eigenvalue weighted by Gasteiger charge is -2.37. The maximum atomic E-state index is 13.0. The molecule has 0 spiro atoms. The van der Waals surface area contributed by atoms with Gasteiger partial charge in [-0.25, -0.2) is 0 Å². The quantitative estimate of drug-likeness (QED) is 0.446. The molecule has 0 unspecified atom stereocenters. The van der Waals surface area contributed by atoms with E-state index in [-0.39, 0.29) is 11.6 Å². The zero-order chi connectivity index (χ0) is 23.5. The van der Waals surface area contributed by atoms with Gasteiger partial charge in [-0.2, -0.15) is 0 Å². The Labute approximate surface area is 202 Å². The molecule has 1 aliphatic heterocycles. The summed E-state index contributed by atoms with van der Waals surface area (Å²) in [5.74, 6) is 1.32. The van der Waals surface area contributed by atoms with E-state index in [1.807, 2.05) is 36.4 Å². The third-order valence-electron chi connectivity index (χ3n) is 5.96. The Morgan fingerprint density at radius 1 is 0.882 bits per heavy atom. The number of benzene rings is 3. The van der Waals surface area contributed by atoms with Crippen molar-refractivity contribution in [1.29, 1.82) is 0 Å². The van der Waals surface area contributed by atoms with E-state index in [4.69, 9.17) is 16.3 Å². The molecule has 172 valence electrons. The van der Waals surface area contributed by atoms with Gasteiger partial charge >= 0.3 is 0 Å². The predicted molar refractivity (Wildman–Crippen MR) is 136 cm³/mol. The van der Waals surface area contributed by atoms with Crippen LogP contribution in [0.3, 0.4) is 0 Å². The number of carbonyl (C=O) groups is 1. The van der Waals surface area contributed by atoms with Crippen molar-refractivity contribution in [2.45, 2.75) is 0 Å². The lowest BCUT2D eigenvalue weighted by Crippen LogP contribution is -2.47. The molecule has 1 saturated heterocycles. The van der Waals surface area contributed by atoms with Gasteiger partial charge < -0.3 is 19.9 Å². The van der Waals surface area contributed by atoms with E-state index in [0.717, 1.165) is 54.2 Å². The van der Waals surface area contributed by atoms with Crippen molar-refractivity contribution in [3.05, 3.63) is 83.5 Å². The lowest BCUT2D eigenvalue weighted by molar-refractivity contribution is 0.102. The minimum atomic E-state index is -0.319. The second kappa shape index (κ2) is 9.57. The smallest absolute Gasteiger partial charge is 0.276 e. The molecule has 1 aromatic heterocycles. The van der Waals surface area contributed by atoms with Gasteiger partial charge in [0.2, 0.25) is 0 Å². The zero-order valence-corrected chi connectivity index (χ0v) is 19.5. The van der Waals surface area contributed by atoms with Crippen molar-refractivity contribution in [1.82, 2.24) is 10.2 Å². The molecule has 1 amide bonds. The molecule has 7 nitrogen and oxygen atoms in total. The summed E-state index contributed by atoms with van der Waals surface area (Å²) in [4.78, 5) is 17.6. The molecule has 0 aliphatic carbocycles. The summed E-state index contributed by atoms with van der Waals surface area (Å²) >= 11 is 6.05. The minimum absolute atomic E-state index is 0.286. The number of carbonyl (C=O) groups excluding carboxylic acids is 1. The first-order chi connectivity index (χ1) is 16.6. The maximum absolute atomic E-state index is 13.0. The number of halogens is 1. The topological polar surface area (TPSA) is 70.6 Å². The molecule has 3 aromatic carbocycles. The van der Waals surface area contributed by atoms with Crippen LogP contribution in [0.4, 0.5) is 17.2 Å². The highest BCUT2D eigenvalue weighted by molar-refractivity contribution is 6.31. The van der Waals surface area contributed by atoms with E-state index in [2.05, 4.69) is 37.4 Å². The predicted octanol–water partition coefficient (Wildman–Crippen LogP) is 4.87. The number of hydrogen-bond acceptors (Lipinski definition) is 6. The second-order valence-corrected chi connectivity index (χ2v) is 8.49. The second-order valence-electron chi connectivity index (χ2n) is 8.06. The van der Waals surface area contributed by atoms with Crippen LogP contribution in [0.1, 0.15) is 10.5 Å². The maximum Gasteiger partial charge on any atom is 0.276 e. The first kappa shape index (κ1) is 22.0. The van der Waals surface area contributed by atoms with Crippen molar-refractivity contribution in [2.24, 2.45) is 0 Å². The molecule has 5 rings (SSSR count). The fourth-order valence-corrected chi connectivity index (χ4v) is 4.42. The van der Waals surface area contributed by atoms with Crippen LogP contribution < -0.4 is 19.9 Å². The fraction of sp³-hybridized carbons (Fsp3) is 0.192. The normalized spacial score (nSPS) is 13.7. The van der Waals surface area contributed by atoms with Crippen molar-refractivity contribution in [2.75, 3.05) is 48.4 Å². The summed E-state index contributed by atoms with van der Waals surface area (Å²) in [5, 5.41) is 13.9. The van der Waals surface area contributed by atoms with E-state index in [1.165, 1.54) is 0 Å². The summed E-state index contributed by atoms with van der Waals surface area (Å²) in [5.41, 5.74) is 2.04. The molecule has 1 aliphatic rings. The van der Waals surface area contributed by atoms with Gasteiger partial charge in [0.15, 0.2) is 11.5 Å². The van der Waals surface area contributed by atoms with Gasteiger partial charge in [-0.1, -0.05) is 48.0 Å². The molecular formula is C26H24ClN5O2. The Kier molecular flexibility index (Phi) is 6.18. The summed E-state index contributed by atoms with van der Waals surface area (Å²) in [6.07, 6.45) is 0. The van der Waals surface area contributed by atoms with Gasteiger partial charge in [-0.15, -0.1) is 10.2 Å². The van der Waals surface area contributed by atoms with Gasteiger partial charge in [-0.3, -0.25) is 4.79 Å². The van der Waals surface area contributed by atoms with Gasteiger partial charge in [0, 0.05) is 59.4 Å². The molecule has 1 fully saturated rings. The Hall–Kier alpha value is -3.84. The number of aromatic nitrogens is 2. The van der Waals surface area contributed by atoms with Crippen molar-refractivity contribution in [3.8, 4) is 5.75 Å². The molecule has 0 bridgehead atoms. The molecule has 4 aromatic rings. The highest BCUT2D eigenvalue weighted by Gasteiger charge is 2.23. The molecular weight excluding hydrogens is 450 g/mol. The number of piperazine rings is 1. The Balaban J connectivity index is 1.37. The van der Waals surface area contributed by atoms with Gasteiger partial charge in [0.1, 0.15) is 5.75 Å². The van der Waals surface area contributed by atoms with E-state index in [0.29, 0.717) is 10.7 Å². The number of hydrogen-bond donors (Lipinski definition) is 1. The number of amides is 1. The van der Waals surface area contributed by atoms with Gasteiger partial charge in [-0.05, 0) is 30.3 Å². The number of rotatable bonds is 5. The van der Waals surface area contributed by atoms with Crippen LogP contribution in [-0.4, -0.2) is 49.4 Å². The third kappa shape index (κ3) is 4.47. The largest absolute Gasteiger partial charge is 0.497 e. The number of nitrogens with zero attached hydrogens (tertiary/aromatic N) is 4. The summed E-state index contributed by atoms with van der Waals surface area (Å²) < 4.78 is 5.36. The molecule has 0 atom stereocenters. The highest BCUT2D eigenvalue weighted by Crippen LogP contribution is 2.29. The van der Waals surface area contributed by atoms with E-state index < -0.39 is 0 Å². The average molecular weight is 474 g/mol. The first-order valence-electron chi connectivity index (χ1n) is 11.1. The summed E-state index contributed by atoms with van der Waals surface area (Å²) in [6.45, 7) is 3.29. The van der Waals surface area contributed by atoms with Crippen LogP contribution in [-0.2, 0) is 0 Å². The minimum Gasteiger partial charge on any atom is -0.497 e. The van der Waals surface area contributed by atoms with Crippen LogP contribution in [0, 0.1) is 0 Å². The van der Waals surface area contributed by atoms with Crippen LogP contribution >= 0.6 is 11.6 Å². The van der Waals surface area contributed by atoms with Crippen LogP contribution in [0.5, 0.6) is 5.75 Å². The molecule has 1 N–H and O–H groups in total. The Morgan fingerprint density at radius 2 is 1.62 bits per heavy atom. The van der Waals surface area contributed by atoms with E-state index >= 15 is 0 Å². The van der Waals surface area contributed by atoms with Crippen LogP contribution in [0.25, 0.3) is 10.8 Å². The molecule has 2 heterocycles. The van der Waals surface area contributed by atoms with Crippen LogP contribution in [0.15, 0.2) is 72.8 Å². The van der Waals surface area contributed by atoms with Crippen molar-refractivity contribution >= 4 is 45.5 Å². The molecule has 8 heteroatoms. The van der Waals surface area contributed by atoms with Gasteiger partial charge in [0.25, 0.3) is 5.91 Å². The molecule has 0 saturated carbocycles. The zero-order valence-electron chi connectivity index (χ0n) is 18.7. The fourth-order valence-electron chi connectivity index (χ4n) is 4.23. The van der Waals surface area contributed by atoms with Crippen molar-refractivity contribution < 1.29 is 9.53 Å². The van der Waals surface area contributed by atoms with Crippen LogP contribution in [0.2, 0.25) is 5.02 Å². The number of anilines is 3. The Bertz CT molecular complexity index is 1340. The first-order valence-corrected chi connectivity index (χ1v) is 11.5. The lowest BCUT2D eigenvalue weighted by atomic mass is 10.1. The number of fused-ring (bicyclic) bond motifs is 1. The van der Waals surface area contributed by atoms with E-state index in [9.17, 15) is 4.79 Å². The number of methoxy groups -OCH3 is 1. The van der Waals surface area contributed by atoms with E-state index in [1.54, 1.807) is 31.4 Å². The third-order valence-corrected chi connectivity index (χ3v) is 6.20. The SMILES string of the molecule is COc1cccc(N2CCN(c3nnc(C(=O)Nc4cccc(Cl)c4)c4ccccc34)CC2)c1. The molecule has 0 radical (unpaired) electrons. The molecule has 34 heavy (non-hydrogen) atoms. The average Bonchev–Trinajstić information content (AvgIpc) is 2.88. The highest BCUT2D eigenvalue weighted by atomic mass is 35.5.